The number of piperazine rings is 1. The van der Waals surface area contributed by atoms with Crippen LogP contribution in [0.4, 0.5) is 17.2 Å². The third-order valence-electron chi connectivity index (χ3n) is 4.71. The molecular formula is C21H22N6O. The van der Waals surface area contributed by atoms with Crippen LogP contribution in [0, 0.1) is 0 Å². The van der Waals surface area contributed by atoms with Gasteiger partial charge in [0.05, 0.1) is 29.5 Å². The number of hydrogen-bond donors (Lipinski definition) is 3. The molecule has 1 aliphatic heterocycles. The van der Waals surface area contributed by atoms with E-state index in [4.69, 9.17) is 10.7 Å². The van der Waals surface area contributed by atoms with Gasteiger partial charge in [-0.3, -0.25) is 9.78 Å². The van der Waals surface area contributed by atoms with Crippen LogP contribution in [0.2, 0.25) is 0 Å². The van der Waals surface area contributed by atoms with Gasteiger partial charge in [-0.15, -0.1) is 0 Å². The first-order valence-corrected chi connectivity index (χ1v) is 9.25. The molecule has 4 rings (SSSR count). The second-order valence-electron chi connectivity index (χ2n) is 6.62. The maximum Gasteiger partial charge on any atom is 0.255 e. The molecule has 0 aliphatic carbocycles. The van der Waals surface area contributed by atoms with Gasteiger partial charge in [-0.2, -0.15) is 0 Å². The summed E-state index contributed by atoms with van der Waals surface area (Å²) in [6.07, 6.45) is 3.53. The summed E-state index contributed by atoms with van der Waals surface area (Å²) in [5.41, 5.74) is 9.28. The van der Waals surface area contributed by atoms with Crippen LogP contribution in [0.25, 0.3) is 11.3 Å². The molecule has 1 fully saturated rings. The molecule has 7 heteroatoms. The van der Waals surface area contributed by atoms with Crippen LogP contribution in [0.1, 0.15) is 10.4 Å². The molecule has 0 bridgehead atoms. The lowest BCUT2D eigenvalue weighted by Gasteiger charge is -2.28. The minimum Gasteiger partial charge on any atom is -0.397 e. The summed E-state index contributed by atoms with van der Waals surface area (Å²) in [7, 11) is 0. The molecule has 142 valence electrons. The highest BCUT2D eigenvalue weighted by molar-refractivity contribution is 6.05. The van der Waals surface area contributed by atoms with Gasteiger partial charge in [0.1, 0.15) is 5.82 Å². The lowest BCUT2D eigenvalue weighted by atomic mass is 10.1. The summed E-state index contributed by atoms with van der Waals surface area (Å²) in [5, 5.41) is 6.17. The monoisotopic (exact) mass is 374 g/mol. The summed E-state index contributed by atoms with van der Waals surface area (Å²) < 4.78 is 0. The number of carbonyl (C=O) groups is 1. The number of benzene rings is 2. The molecule has 2 aromatic carbocycles. The van der Waals surface area contributed by atoms with Gasteiger partial charge in [0, 0.05) is 37.3 Å². The van der Waals surface area contributed by atoms with E-state index in [9.17, 15) is 4.79 Å². The molecule has 1 aliphatic rings. The Bertz CT molecular complexity index is 967. The third kappa shape index (κ3) is 3.94. The number of nitrogens with zero attached hydrogens (tertiary/aromatic N) is 3. The molecule has 1 aromatic heterocycles. The van der Waals surface area contributed by atoms with Crippen LogP contribution in [0.5, 0.6) is 0 Å². The third-order valence-corrected chi connectivity index (χ3v) is 4.71. The Morgan fingerprint density at radius 1 is 1.04 bits per heavy atom. The van der Waals surface area contributed by atoms with Crippen LogP contribution >= 0.6 is 0 Å². The van der Waals surface area contributed by atoms with Crippen molar-refractivity contribution in [1.82, 2.24) is 15.3 Å². The number of amides is 1. The van der Waals surface area contributed by atoms with E-state index < -0.39 is 0 Å². The molecule has 3 aromatic rings. The average molecular weight is 374 g/mol. The van der Waals surface area contributed by atoms with Gasteiger partial charge >= 0.3 is 0 Å². The minimum atomic E-state index is -0.204. The van der Waals surface area contributed by atoms with Crippen LogP contribution in [0.3, 0.4) is 0 Å². The van der Waals surface area contributed by atoms with Crippen molar-refractivity contribution in [2.45, 2.75) is 0 Å². The maximum atomic E-state index is 12.5. The molecule has 1 saturated heterocycles. The number of carbonyl (C=O) groups excluding carboxylic acids is 1. The Morgan fingerprint density at radius 2 is 1.79 bits per heavy atom. The predicted octanol–water partition coefficient (Wildman–Crippen LogP) is 2.39. The first-order valence-electron chi connectivity index (χ1n) is 9.25. The van der Waals surface area contributed by atoms with Crippen molar-refractivity contribution in [1.29, 1.82) is 0 Å². The van der Waals surface area contributed by atoms with E-state index in [-0.39, 0.29) is 5.91 Å². The number of aromatic nitrogens is 2. The van der Waals surface area contributed by atoms with E-state index >= 15 is 0 Å². The van der Waals surface area contributed by atoms with Gasteiger partial charge in [-0.1, -0.05) is 24.3 Å². The number of rotatable bonds is 4. The second-order valence-corrected chi connectivity index (χ2v) is 6.62. The van der Waals surface area contributed by atoms with Crippen molar-refractivity contribution in [3.63, 3.8) is 0 Å². The van der Waals surface area contributed by atoms with E-state index in [0.29, 0.717) is 16.9 Å². The molecular weight excluding hydrogens is 352 g/mol. The molecule has 0 atom stereocenters. The van der Waals surface area contributed by atoms with E-state index in [2.05, 4.69) is 20.5 Å². The van der Waals surface area contributed by atoms with E-state index in [0.717, 1.165) is 43.3 Å². The van der Waals surface area contributed by atoms with Crippen molar-refractivity contribution in [2.24, 2.45) is 0 Å². The summed E-state index contributed by atoms with van der Waals surface area (Å²) in [4.78, 5) is 23.8. The molecule has 1 amide bonds. The molecule has 7 nitrogen and oxygen atoms in total. The van der Waals surface area contributed by atoms with E-state index in [1.54, 1.807) is 36.7 Å². The van der Waals surface area contributed by atoms with Crippen molar-refractivity contribution < 1.29 is 4.79 Å². The SMILES string of the molecule is Nc1ccccc1NC(=O)c1ccc(-c2cncc(N3CCNCC3)n2)cc1. The summed E-state index contributed by atoms with van der Waals surface area (Å²) >= 11 is 0. The standard InChI is InChI=1S/C21H22N6O/c22-17-3-1-2-4-18(17)26-21(28)16-7-5-15(6-8-16)19-13-24-14-20(25-19)27-11-9-23-10-12-27/h1-8,13-14,23H,9-12,22H2,(H,26,28). The van der Waals surface area contributed by atoms with Gasteiger partial charge in [0.25, 0.3) is 5.91 Å². The number of nitrogens with one attached hydrogen (secondary N) is 2. The lowest BCUT2D eigenvalue weighted by Crippen LogP contribution is -2.43. The second kappa shape index (κ2) is 8.06. The molecule has 0 saturated carbocycles. The van der Waals surface area contributed by atoms with Gasteiger partial charge in [0.15, 0.2) is 0 Å². The van der Waals surface area contributed by atoms with Gasteiger partial charge in [-0.25, -0.2) is 4.98 Å². The van der Waals surface area contributed by atoms with E-state index in [1.165, 1.54) is 0 Å². The zero-order chi connectivity index (χ0) is 19.3. The fourth-order valence-corrected chi connectivity index (χ4v) is 3.14. The smallest absolute Gasteiger partial charge is 0.255 e. The first-order chi connectivity index (χ1) is 13.7. The molecule has 28 heavy (non-hydrogen) atoms. The zero-order valence-corrected chi connectivity index (χ0v) is 15.4. The van der Waals surface area contributed by atoms with Crippen LogP contribution in [-0.2, 0) is 0 Å². The van der Waals surface area contributed by atoms with Crippen LogP contribution in [0.15, 0.2) is 60.9 Å². The Hall–Kier alpha value is -3.45. The largest absolute Gasteiger partial charge is 0.397 e. The number of anilines is 3. The average Bonchev–Trinajstić information content (AvgIpc) is 2.76. The molecule has 0 spiro atoms. The highest BCUT2D eigenvalue weighted by Crippen LogP contribution is 2.22. The Labute approximate surface area is 163 Å². The topological polar surface area (TPSA) is 96.2 Å². The van der Waals surface area contributed by atoms with Crippen molar-refractivity contribution in [2.75, 3.05) is 42.1 Å². The molecule has 0 unspecified atom stereocenters. The van der Waals surface area contributed by atoms with Gasteiger partial charge in [0.2, 0.25) is 0 Å². The number of hydrogen-bond acceptors (Lipinski definition) is 6. The number of nitrogens with two attached hydrogens (primary N) is 1. The Balaban J connectivity index is 1.50. The number of para-hydroxylation sites is 2. The molecule has 2 heterocycles. The fraction of sp³-hybridized carbons (Fsp3) is 0.190. The van der Waals surface area contributed by atoms with Crippen LogP contribution < -0.4 is 21.3 Å². The van der Waals surface area contributed by atoms with Crippen molar-refractivity contribution >= 4 is 23.1 Å². The predicted molar refractivity (Wildman–Crippen MR) is 111 cm³/mol. The minimum absolute atomic E-state index is 0.204. The molecule has 4 N–H and O–H groups in total. The van der Waals surface area contributed by atoms with Crippen LogP contribution in [-0.4, -0.2) is 42.1 Å². The Kier molecular flexibility index (Phi) is 5.16. The van der Waals surface area contributed by atoms with Gasteiger partial charge in [-0.05, 0) is 24.3 Å². The maximum absolute atomic E-state index is 12.5. The first kappa shape index (κ1) is 17.9. The highest BCUT2D eigenvalue weighted by atomic mass is 16.1. The summed E-state index contributed by atoms with van der Waals surface area (Å²) in [6.45, 7) is 3.73. The lowest BCUT2D eigenvalue weighted by molar-refractivity contribution is 0.102. The normalized spacial score (nSPS) is 13.9. The highest BCUT2D eigenvalue weighted by Gasteiger charge is 2.13. The van der Waals surface area contributed by atoms with Gasteiger partial charge < -0.3 is 21.3 Å². The number of nitrogen functional groups attached to an aromatic ring is 1. The Morgan fingerprint density at radius 3 is 2.54 bits per heavy atom. The summed E-state index contributed by atoms with van der Waals surface area (Å²) in [5.74, 6) is 0.672. The van der Waals surface area contributed by atoms with E-state index in [1.807, 2.05) is 24.3 Å². The fourth-order valence-electron chi connectivity index (χ4n) is 3.14. The van der Waals surface area contributed by atoms with Crippen molar-refractivity contribution in [3.05, 3.63) is 66.5 Å². The quantitative estimate of drug-likeness (QED) is 0.607. The zero-order valence-electron chi connectivity index (χ0n) is 15.4. The summed E-state index contributed by atoms with van der Waals surface area (Å²) in [6, 6.07) is 14.5. The van der Waals surface area contributed by atoms with Crippen molar-refractivity contribution in [3.8, 4) is 11.3 Å². The molecule has 0 radical (unpaired) electrons.